The third-order valence-corrected chi connectivity index (χ3v) is 3.30. The van der Waals surface area contributed by atoms with Crippen molar-refractivity contribution in [3.05, 3.63) is 42.5 Å². The third kappa shape index (κ3) is 5.00. The highest BCUT2D eigenvalue weighted by molar-refractivity contribution is 8.00. The van der Waals surface area contributed by atoms with E-state index in [2.05, 4.69) is 6.58 Å². The number of nitrogens with zero attached hydrogens (tertiary/aromatic N) is 1. The first-order valence-corrected chi connectivity index (χ1v) is 6.64. The Labute approximate surface area is 114 Å². The minimum absolute atomic E-state index is 0.0961. The van der Waals surface area contributed by atoms with Crippen molar-refractivity contribution in [1.29, 1.82) is 0 Å². The van der Waals surface area contributed by atoms with Crippen molar-refractivity contribution in [3.8, 4) is 0 Å². The van der Waals surface area contributed by atoms with E-state index in [1.54, 1.807) is 6.08 Å². The molecule has 104 valence electrons. The molecule has 0 aliphatic carbocycles. The molecule has 1 N–H and O–H groups in total. The van der Waals surface area contributed by atoms with Gasteiger partial charge in [0.05, 0.1) is 12.4 Å². The number of thioether (sulfide) groups is 1. The number of aliphatic hydroxyl groups excluding tert-OH is 1. The summed E-state index contributed by atoms with van der Waals surface area (Å²) in [5.74, 6) is -1.94. The van der Waals surface area contributed by atoms with Crippen molar-refractivity contribution in [1.82, 2.24) is 4.90 Å². The first-order chi connectivity index (χ1) is 9.08. The van der Waals surface area contributed by atoms with Crippen LogP contribution in [0.4, 0.5) is 8.78 Å². The lowest BCUT2D eigenvalue weighted by Gasteiger charge is -2.19. The van der Waals surface area contributed by atoms with Gasteiger partial charge in [-0.2, -0.15) is 0 Å². The van der Waals surface area contributed by atoms with Gasteiger partial charge in [-0.25, -0.2) is 8.78 Å². The highest BCUT2D eigenvalue weighted by Gasteiger charge is 2.12. The summed E-state index contributed by atoms with van der Waals surface area (Å²) in [4.78, 5) is 13.8. The van der Waals surface area contributed by atoms with Gasteiger partial charge in [-0.1, -0.05) is 6.08 Å². The fourth-order valence-corrected chi connectivity index (χ4v) is 2.22. The van der Waals surface area contributed by atoms with E-state index in [4.69, 9.17) is 5.11 Å². The number of hydrogen-bond acceptors (Lipinski definition) is 3. The molecule has 1 aromatic carbocycles. The van der Waals surface area contributed by atoms with Gasteiger partial charge in [-0.05, 0) is 18.2 Å². The lowest BCUT2D eigenvalue weighted by Crippen LogP contribution is -2.34. The summed E-state index contributed by atoms with van der Waals surface area (Å²) in [5.41, 5.74) is 0. The van der Waals surface area contributed by atoms with Crippen LogP contribution in [0.25, 0.3) is 0 Å². The van der Waals surface area contributed by atoms with Gasteiger partial charge in [-0.3, -0.25) is 4.79 Å². The summed E-state index contributed by atoms with van der Waals surface area (Å²) in [7, 11) is 0. The Kier molecular flexibility index (Phi) is 6.52. The molecular formula is C13H15F2NO2S. The Bertz CT molecular complexity index is 454. The van der Waals surface area contributed by atoms with Crippen LogP contribution in [0.2, 0.25) is 0 Å². The van der Waals surface area contributed by atoms with Crippen molar-refractivity contribution < 1.29 is 18.7 Å². The molecule has 6 heteroatoms. The maximum absolute atomic E-state index is 13.0. The average molecular weight is 287 g/mol. The van der Waals surface area contributed by atoms with Gasteiger partial charge in [0.2, 0.25) is 5.91 Å². The normalized spacial score (nSPS) is 10.3. The second kappa shape index (κ2) is 7.91. The van der Waals surface area contributed by atoms with Gasteiger partial charge in [0.15, 0.2) is 11.6 Å². The number of halogens is 2. The average Bonchev–Trinajstić information content (AvgIpc) is 2.39. The molecule has 0 aromatic heterocycles. The van der Waals surface area contributed by atoms with Gasteiger partial charge < -0.3 is 10.0 Å². The summed E-state index contributed by atoms with van der Waals surface area (Å²) in [6.07, 6.45) is 1.57. The number of carbonyl (C=O) groups is 1. The van der Waals surface area contributed by atoms with Gasteiger partial charge in [0.25, 0.3) is 0 Å². The molecule has 0 saturated heterocycles. The summed E-state index contributed by atoms with van der Waals surface area (Å²) in [6, 6.07) is 3.49. The van der Waals surface area contributed by atoms with E-state index in [-0.39, 0.29) is 24.8 Å². The molecule has 0 spiro atoms. The molecule has 0 radical (unpaired) electrons. The number of carbonyl (C=O) groups excluding carboxylic acids is 1. The molecule has 0 atom stereocenters. The molecule has 0 fully saturated rings. The Hall–Kier alpha value is -1.40. The standard InChI is InChI=1S/C13H15F2NO2S/c1-2-5-16(6-7-17)13(18)9-19-10-3-4-11(14)12(15)8-10/h2-4,8,17H,1,5-7,9H2. The summed E-state index contributed by atoms with van der Waals surface area (Å²) in [6.45, 7) is 3.97. The molecule has 0 aliphatic rings. The second-order valence-corrected chi connectivity index (χ2v) is 4.77. The van der Waals surface area contributed by atoms with E-state index in [0.29, 0.717) is 11.4 Å². The smallest absolute Gasteiger partial charge is 0.233 e. The summed E-state index contributed by atoms with van der Waals surface area (Å²) in [5, 5.41) is 8.84. The van der Waals surface area contributed by atoms with Crippen molar-refractivity contribution in [2.24, 2.45) is 0 Å². The second-order valence-electron chi connectivity index (χ2n) is 3.72. The van der Waals surface area contributed by atoms with Crippen LogP contribution >= 0.6 is 11.8 Å². The van der Waals surface area contributed by atoms with Gasteiger partial charge in [0.1, 0.15) is 0 Å². The maximum Gasteiger partial charge on any atom is 0.233 e. The van der Waals surface area contributed by atoms with Crippen molar-refractivity contribution in [2.45, 2.75) is 4.90 Å². The molecule has 1 rings (SSSR count). The number of aliphatic hydroxyl groups is 1. The highest BCUT2D eigenvalue weighted by Crippen LogP contribution is 2.20. The van der Waals surface area contributed by atoms with Crippen molar-refractivity contribution >= 4 is 17.7 Å². The van der Waals surface area contributed by atoms with Gasteiger partial charge in [0, 0.05) is 18.0 Å². The number of rotatable bonds is 7. The Balaban J connectivity index is 2.56. The molecule has 0 aliphatic heterocycles. The van der Waals surface area contributed by atoms with E-state index in [1.165, 1.54) is 11.0 Å². The van der Waals surface area contributed by atoms with E-state index in [9.17, 15) is 13.6 Å². The monoisotopic (exact) mass is 287 g/mol. The number of hydrogen-bond donors (Lipinski definition) is 1. The zero-order chi connectivity index (χ0) is 14.3. The fourth-order valence-electron chi connectivity index (χ4n) is 1.40. The van der Waals surface area contributed by atoms with Crippen LogP contribution in [-0.4, -0.2) is 41.4 Å². The van der Waals surface area contributed by atoms with Crippen LogP contribution in [-0.2, 0) is 4.79 Å². The minimum Gasteiger partial charge on any atom is -0.395 e. The first-order valence-electron chi connectivity index (χ1n) is 5.66. The van der Waals surface area contributed by atoms with Gasteiger partial charge >= 0.3 is 0 Å². The fraction of sp³-hybridized carbons (Fsp3) is 0.308. The topological polar surface area (TPSA) is 40.5 Å². The summed E-state index contributed by atoms with van der Waals surface area (Å²) < 4.78 is 25.7. The molecule has 19 heavy (non-hydrogen) atoms. The molecule has 1 aromatic rings. The Morgan fingerprint density at radius 3 is 2.74 bits per heavy atom. The molecule has 0 saturated carbocycles. The first kappa shape index (κ1) is 15.7. The van der Waals surface area contributed by atoms with Crippen LogP contribution in [0.5, 0.6) is 0 Å². The highest BCUT2D eigenvalue weighted by atomic mass is 32.2. The minimum atomic E-state index is -0.934. The molecule has 0 heterocycles. The van der Waals surface area contributed by atoms with E-state index < -0.39 is 11.6 Å². The zero-order valence-electron chi connectivity index (χ0n) is 10.3. The van der Waals surface area contributed by atoms with E-state index >= 15 is 0 Å². The predicted octanol–water partition coefficient (Wildman–Crippen LogP) is 2.06. The Morgan fingerprint density at radius 1 is 1.42 bits per heavy atom. The third-order valence-electron chi connectivity index (χ3n) is 2.33. The molecule has 3 nitrogen and oxygen atoms in total. The van der Waals surface area contributed by atoms with Crippen LogP contribution in [0, 0.1) is 11.6 Å². The predicted molar refractivity (Wildman–Crippen MR) is 70.9 cm³/mol. The number of amides is 1. The summed E-state index contributed by atoms with van der Waals surface area (Å²) >= 11 is 1.12. The van der Waals surface area contributed by atoms with Crippen molar-refractivity contribution in [2.75, 3.05) is 25.4 Å². The lowest BCUT2D eigenvalue weighted by molar-refractivity contribution is -0.128. The van der Waals surface area contributed by atoms with Crippen LogP contribution in [0.3, 0.4) is 0 Å². The molecular weight excluding hydrogens is 272 g/mol. The largest absolute Gasteiger partial charge is 0.395 e. The lowest BCUT2D eigenvalue weighted by atomic mass is 10.3. The quantitative estimate of drug-likeness (QED) is 0.616. The molecule has 1 amide bonds. The van der Waals surface area contributed by atoms with E-state index in [0.717, 1.165) is 23.9 Å². The van der Waals surface area contributed by atoms with Crippen LogP contribution in [0.15, 0.2) is 35.7 Å². The van der Waals surface area contributed by atoms with E-state index in [1.807, 2.05) is 0 Å². The van der Waals surface area contributed by atoms with Crippen LogP contribution in [0.1, 0.15) is 0 Å². The van der Waals surface area contributed by atoms with Crippen LogP contribution < -0.4 is 0 Å². The van der Waals surface area contributed by atoms with Crippen molar-refractivity contribution in [3.63, 3.8) is 0 Å². The Morgan fingerprint density at radius 2 is 2.16 bits per heavy atom. The molecule has 0 bridgehead atoms. The maximum atomic E-state index is 13.0. The number of benzene rings is 1. The zero-order valence-corrected chi connectivity index (χ0v) is 11.1. The SMILES string of the molecule is C=CCN(CCO)C(=O)CSc1ccc(F)c(F)c1. The molecule has 0 unspecified atom stereocenters. The van der Waals surface area contributed by atoms with Gasteiger partial charge in [-0.15, -0.1) is 18.3 Å².